The molecule has 2 N–H and O–H groups in total. The van der Waals surface area contributed by atoms with Crippen LogP contribution in [0.25, 0.3) is 0 Å². The van der Waals surface area contributed by atoms with Gasteiger partial charge in [-0.3, -0.25) is 4.90 Å². The van der Waals surface area contributed by atoms with Gasteiger partial charge in [-0.05, 0) is 19.4 Å². The molecule has 0 spiro atoms. The van der Waals surface area contributed by atoms with Crippen molar-refractivity contribution in [2.45, 2.75) is 31.6 Å². The third kappa shape index (κ3) is 3.50. The molecular formula is C15H23FN2S. The highest BCUT2D eigenvalue weighted by Gasteiger charge is 2.27. The first-order valence-electron chi connectivity index (χ1n) is 6.97. The quantitative estimate of drug-likeness (QED) is 0.920. The Labute approximate surface area is 119 Å². The van der Waals surface area contributed by atoms with Crippen molar-refractivity contribution >= 4 is 11.8 Å². The Kier molecular flexibility index (Phi) is 5.25. The Morgan fingerprint density at radius 3 is 3.00 bits per heavy atom. The molecule has 4 heteroatoms. The van der Waals surface area contributed by atoms with Crippen LogP contribution >= 0.6 is 11.8 Å². The first kappa shape index (κ1) is 14.8. The van der Waals surface area contributed by atoms with Gasteiger partial charge in [0.25, 0.3) is 0 Å². The minimum atomic E-state index is -0.132. The van der Waals surface area contributed by atoms with E-state index in [1.165, 1.54) is 0 Å². The lowest BCUT2D eigenvalue weighted by molar-refractivity contribution is 0.203. The molecule has 1 aromatic carbocycles. The zero-order valence-electron chi connectivity index (χ0n) is 11.7. The smallest absolute Gasteiger partial charge is 0.128 e. The van der Waals surface area contributed by atoms with Crippen molar-refractivity contribution in [3.8, 4) is 0 Å². The Balaban J connectivity index is 2.21. The number of rotatable bonds is 4. The van der Waals surface area contributed by atoms with Crippen LogP contribution in [0.3, 0.4) is 0 Å². The second-order valence-corrected chi connectivity index (χ2v) is 6.58. The zero-order valence-corrected chi connectivity index (χ0v) is 12.5. The van der Waals surface area contributed by atoms with Crippen LogP contribution < -0.4 is 5.73 Å². The van der Waals surface area contributed by atoms with Crippen LogP contribution in [0.4, 0.5) is 4.39 Å². The second kappa shape index (κ2) is 6.73. The summed E-state index contributed by atoms with van der Waals surface area (Å²) in [6.07, 6.45) is 1.16. The fourth-order valence-corrected chi connectivity index (χ4v) is 3.87. The summed E-state index contributed by atoms with van der Waals surface area (Å²) in [4.78, 5) is 2.35. The maximum absolute atomic E-state index is 14.1. The lowest BCUT2D eigenvalue weighted by Gasteiger charge is -2.37. The van der Waals surface area contributed by atoms with E-state index in [9.17, 15) is 4.39 Å². The molecule has 2 unspecified atom stereocenters. The number of hydrogen-bond acceptors (Lipinski definition) is 3. The normalized spacial score (nSPS) is 22.4. The van der Waals surface area contributed by atoms with Crippen molar-refractivity contribution in [2.75, 3.05) is 25.4 Å². The van der Waals surface area contributed by atoms with E-state index >= 15 is 0 Å². The highest BCUT2D eigenvalue weighted by molar-refractivity contribution is 8.00. The summed E-state index contributed by atoms with van der Waals surface area (Å²) < 4.78 is 14.1. The molecule has 0 aliphatic carbocycles. The summed E-state index contributed by atoms with van der Waals surface area (Å²) in [7, 11) is 0. The molecule has 2 nitrogen and oxygen atoms in total. The summed E-state index contributed by atoms with van der Waals surface area (Å²) in [5.41, 5.74) is 7.77. The molecule has 0 aromatic heterocycles. The molecule has 2 rings (SSSR count). The van der Waals surface area contributed by atoms with E-state index in [0.29, 0.717) is 11.8 Å². The van der Waals surface area contributed by atoms with Crippen LogP contribution in [0, 0.1) is 12.7 Å². The monoisotopic (exact) mass is 282 g/mol. The van der Waals surface area contributed by atoms with E-state index in [4.69, 9.17) is 5.73 Å². The summed E-state index contributed by atoms with van der Waals surface area (Å²) >= 11 is 2.02. The number of thioether (sulfide) groups is 1. The maximum Gasteiger partial charge on any atom is 0.128 e. The molecular weight excluding hydrogens is 259 g/mol. The molecule has 0 saturated carbocycles. The maximum atomic E-state index is 14.1. The van der Waals surface area contributed by atoms with Gasteiger partial charge < -0.3 is 5.73 Å². The Morgan fingerprint density at radius 1 is 1.53 bits per heavy atom. The van der Waals surface area contributed by atoms with Crippen molar-refractivity contribution < 1.29 is 4.39 Å². The van der Waals surface area contributed by atoms with Crippen molar-refractivity contribution in [2.24, 2.45) is 5.73 Å². The predicted octanol–water partition coefficient (Wildman–Crippen LogP) is 2.96. The fraction of sp³-hybridized carbons (Fsp3) is 0.600. The van der Waals surface area contributed by atoms with Gasteiger partial charge >= 0.3 is 0 Å². The average Bonchev–Trinajstić information content (AvgIpc) is 2.44. The lowest BCUT2D eigenvalue weighted by atomic mass is 10.0. The average molecular weight is 282 g/mol. The Hall–Kier alpha value is -0.580. The molecule has 1 saturated heterocycles. The number of benzene rings is 1. The number of nitrogens with zero attached hydrogens (tertiary/aromatic N) is 1. The zero-order chi connectivity index (χ0) is 13.8. The van der Waals surface area contributed by atoms with E-state index in [0.717, 1.165) is 36.4 Å². The molecule has 0 radical (unpaired) electrons. The van der Waals surface area contributed by atoms with Crippen molar-refractivity contribution in [3.63, 3.8) is 0 Å². The fourth-order valence-electron chi connectivity index (χ4n) is 2.66. The minimum absolute atomic E-state index is 0.00912. The van der Waals surface area contributed by atoms with E-state index in [2.05, 4.69) is 11.8 Å². The molecule has 1 aliphatic rings. The van der Waals surface area contributed by atoms with Gasteiger partial charge in [0, 0.05) is 42.2 Å². The number of nitrogens with two attached hydrogens (primary N) is 1. The lowest BCUT2D eigenvalue weighted by Crippen LogP contribution is -2.43. The summed E-state index contributed by atoms with van der Waals surface area (Å²) in [5, 5.41) is 0.649. The summed E-state index contributed by atoms with van der Waals surface area (Å²) in [6, 6.07) is 5.32. The highest BCUT2D eigenvalue weighted by Crippen LogP contribution is 2.29. The van der Waals surface area contributed by atoms with Crippen LogP contribution in [-0.2, 0) is 0 Å². The van der Waals surface area contributed by atoms with Crippen molar-refractivity contribution in [1.29, 1.82) is 0 Å². The number of aryl methyl sites for hydroxylation is 1. The van der Waals surface area contributed by atoms with Gasteiger partial charge in [-0.1, -0.05) is 24.6 Å². The number of hydrogen-bond donors (Lipinski definition) is 1. The first-order chi connectivity index (χ1) is 9.15. The minimum Gasteiger partial charge on any atom is -0.329 e. The van der Waals surface area contributed by atoms with Gasteiger partial charge in [-0.2, -0.15) is 11.8 Å². The second-order valence-electron chi connectivity index (χ2n) is 5.17. The third-order valence-corrected chi connectivity index (χ3v) is 5.17. The van der Waals surface area contributed by atoms with Gasteiger partial charge in [-0.25, -0.2) is 4.39 Å². The molecule has 2 atom stereocenters. The van der Waals surface area contributed by atoms with Crippen LogP contribution in [0.1, 0.15) is 30.5 Å². The first-order valence-corrected chi connectivity index (χ1v) is 8.02. The predicted molar refractivity (Wildman–Crippen MR) is 81.0 cm³/mol. The van der Waals surface area contributed by atoms with E-state index in [-0.39, 0.29) is 11.9 Å². The van der Waals surface area contributed by atoms with Gasteiger partial charge in [0.05, 0.1) is 0 Å². The number of halogens is 1. The molecule has 0 amide bonds. The van der Waals surface area contributed by atoms with Gasteiger partial charge in [0.15, 0.2) is 0 Å². The standard InChI is InChI=1S/C15H23FN2S/c1-3-12-10-18(6-7-19-12)15(9-17)13-8-11(2)4-5-14(13)16/h4-5,8,12,15H,3,6-7,9-10,17H2,1-2H3. The van der Waals surface area contributed by atoms with Crippen molar-refractivity contribution in [3.05, 3.63) is 35.1 Å². The molecule has 1 aliphatic heterocycles. The summed E-state index contributed by atoms with van der Waals surface area (Å²) in [5.74, 6) is 0.981. The summed E-state index contributed by atoms with van der Waals surface area (Å²) in [6.45, 7) is 6.69. The molecule has 1 heterocycles. The van der Waals surface area contributed by atoms with Crippen LogP contribution in [0.15, 0.2) is 18.2 Å². The van der Waals surface area contributed by atoms with Gasteiger partial charge in [0.1, 0.15) is 5.82 Å². The molecule has 1 aromatic rings. The van der Waals surface area contributed by atoms with E-state index in [1.54, 1.807) is 6.07 Å². The van der Waals surface area contributed by atoms with Crippen LogP contribution in [0.2, 0.25) is 0 Å². The highest BCUT2D eigenvalue weighted by atomic mass is 32.2. The van der Waals surface area contributed by atoms with Gasteiger partial charge in [-0.15, -0.1) is 0 Å². The topological polar surface area (TPSA) is 29.3 Å². The Morgan fingerprint density at radius 2 is 2.32 bits per heavy atom. The Bertz CT molecular complexity index is 425. The molecule has 106 valence electrons. The van der Waals surface area contributed by atoms with Crippen LogP contribution in [-0.4, -0.2) is 35.5 Å². The van der Waals surface area contributed by atoms with Crippen molar-refractivity contribution in [1.82, 2.24) is 4.90 Å². The molecule has 1 fully saturated rings. The SMILES string of the molecule is CCC1CN(C(CN)c2cc(C)ccc2F)CCS1. The third-order valence-electron chi connectivity index (χ3n) is 3.80. The van der Waals surface area contributed by atoms with E-state index < -0.39 is 0 Å². The van der Waals surface area contributed by atoms with E-state index in [1.807, 2.05) is 30.8 Å². The van der Waals surface area contributed by atoms with Crippen LogP contribution in [0.5, 0.6) is 0 Å². The van der Waals surface area contributed by atoms with Gasteiger partial charge in [0.2, 0.25) is 0 Å². The largest absolute Gasteiger partial charge is 0.329 e. The molecule has 19 heavy (non-hydrogen) atoms. The molecule has 0 bridgehead atoms.